The average Bonchev–Trinajstić information content (AvgIpc) is 2.63. The first-order chi connectivity index (χ1) is 8.19. The van der Waals surface area contributed by atoms with E-state index in [9.17, 15) is 22.8 Å². The third-order valence-corrected chi connectivity index (χ3v) is 1.90. The number of aromatic carboxylic acids is 1. The summed E-state index contributed by atoms with van der Waals surface area (Å²) in [6.07, 6.45) is -3.53. The van der Waals surface area contributed by atoms with Gasteiger partial charge in [0, 0.05) is 7.05 Å². The molecule has 1 amide bonds. The minimum Gasteiger partial charge on any atom is -0.476 e. The lowest BCUT2D eigenvalue weighted by atomic mass is 10.4. The molecule has 0 saturated carbocycles. The Labute approximate surface area is 98.8 Å². The van der Waals surface area contributed by atoms with E-state index in [-0.39, 0.29) is 5.69 Å². The fourth-order valence-corrected chi connectivity index (χ4v) is 1.09. The van der Waals surface area contributed by atoms with Gasteiger partial charge in [0.2, 0.25) is 5.91 Å². The minimum atomic E-state index is -4.49. The molecule has 0 fully saturated rings. The number of hydrogen-bond donors (Lipinski definition) is 1. The molecule has 0 atom stereocenters. The Morgan fingerprint density at radius 3 is 2.56 bits per heavy atom. The third-order valence-electron chi connectivity index (χ3n) is 1.90. The van der Waals surface area contributed by atoms with E-state index in [1.54, 1.807) is 0 Å². The molecule has 0 aliphatic heterocycles. The lowest BCUT2D eigenvalue weighted by Crippen LogP contribution is -2.37. The summed E-state index contributed by atoms with van der Waals surface area (Å²) < 4.78 is 36.9. The van der Waals surface area contributed by atoms with E-state index < -0.39 is 31.1 Å². The van der Waals surface area contributed by atoms with Crippen LogP contribution >= 0.6 is 0 Å². The molecule has 1 aromatic rings. The zero-order chi connectivity index (χ0) is 13.9. The highest BCUT2D eigenvalue weighted by atomic mass is 19.4. The monoisotopic (exact) mass is 266 g/mol. The molecule has 0 bridgehead atoms. The summed E-state index contributed by atoms with van der Waals surface area (Å²) >= 11 is 0. The molecule has 0 saturated heterocycles. The largest absolute Gasteiger partial charge is 0.476 e. The molecule has 1 heterocycles. The van der Waals surface area contributed by atoms with Gasteiger partial charge in [0.1, 0.15) is 13.1 Å². The fourth-order valence-electron chi connectivity index (χ4n) is 1.09. The molecule has 100 valence electrons. The highest BCUT2D eigenvalue weighted by molar-refractivity contribution is 5.84. The number of hydrogen-bond acceptors (Lipinski definition) is 4. The van der Waals surface area contributed by atoms with Gasteiger partial charge in [-0.2, -0.15) is 13.2 Å². The van der Waals surface area contributed by atoms with Gasteiger partial charge in [-0.25, -0.2) is 9.48 Å². The Morgan fingerprint density at radius 2 is 2.11 bits per heavy atom. The standard InChI is InChI=1S/C8H9F3N4O3/c1-14(4-8(9,10)11)6(16)3-15-2-5(7(17)18)12-13-15/h2H,3-4H2,1H3,(H,17,18). The van der Waals surface area contributed by atoms with Crippen molar-refractivity contribution in [3.63, 3.8) is 0 Å². The van der Waals surface area contributed by atoms with Gasteiger partial charge in [0.05, 0.1) is 6.20 Å². The van der Waals surface area contributed by atoms with E-state index in [0.29, 0.717) is 4.90 Å². The Balaban J connectivity index is 2.61. The summed E-state index contributed by atoms with van der Waals surface area (Å²) in [5.41, 5.74) is -0.388. The highest BCUT2D eigenvalue weighted by Gasteiger charge is 2.31. The maximum atomic E-state index is 12.0. The molecule has 1 aromatic heterocycles. The van der Waals surface area contributed by atoms with Crippen LogP contribution < -0.4 is 0 Å². The molecule has 1 rings (SSSR count). The molecule has 0 unspecified atom stereocenters. The molecule has 0 radical (unpaired) electrons. The number of alkyl halides is 3. The smallest absolute Gasteiger partial charge is 0.406 e. The van der Waals surface area contributed by atoms with Crippen molar-refractivity contribution in [1.82, 2.24) is 19.9 Å². The summed E-state index contributed by atoms with van der Waals surface area (Å²) in [5.74, 6) is -2.19. The molecule has 0 aromatic carbocycles. The van der Waals surface area contributed by atoms with E-state index >= 15 is 0 Å². The van der Waals surface area contributed by atoms with Gasteiger partial charge in [-0.1, -0.05) is 5.21 Å². The van der Waals surface area contributed by atoms with E-state index in [2.05, 4.69) is 10.3 Å². The van der Waals surface area contributed by atoms with Crippen molar-refractivity contribution < 1.29 is 27.9 Å². The Kier molecular flexibility index (Phi) is 3.89. The van der Waals surface area contributed by atoms with E-state index in [0.717, 1.165) is 17.9 Å². The first-order valence-electron chi connectivity index (χ1n) is 4.63. The van der Waals surface area contributed by atoms with Crippen molar-refractivity contribution in [1.29, 1.82) is 0 Å². The van der Waals surface area contributed by atoms with Gasteiger partial charge in [-0.15, -0.1) is 5.10 Å². The van der Waals surface area contributed by atoms with E-state index in [1.807, 2.05) is 0 Å². The SMILES string of the molecule is CN(CC(F)(F)F)C(=O)Cn1cc(C(=O)O)nn1. The molecule has 7 nitrogen and oxygen atoms in total. The average molecular weight is 266 g/mol. The molecule has 10 heteroatoms. The second kappa shape index (κ2) is 5.02. The van der Waals surface area contributed by atoms with Crippen LogP contribution in [-0.2, 0) is 11.3 Å². The molecule has 0 aliphatic rings. The van der Waals surface area contributed by atoms with Gasteiger partial charge in [-0.05, 0) is 0 Å². The van der Waals surface area contributed by atoms with E-state index in [1.165, 1.54) is 0 Å². The Morgan fingerprint density at radius 1 is 1.50 bits per heavy atom. The fraction of sp³-hybridized carbons (Fsp3) is 0.500. The zero-order valence-corrected chi connectivity index (χ0v) is 9.18. The number of carbonyl (C=O) groups is 2. The predicted molar refractivity (Wildman–Crippen MR) is 50.7 cm³/mol. The number of aromatic nitrogens is 3. The molecular formula is C8H9F3N4O3. The van der Waals surface area contributed by atoms with Crippen LogP contribution in [0.2, 0.25) is 0 Å². The van der Waals surface area contributed by atoms with Crippen LogP contribution in [0, 0.1) is 0 Å². The normalized spacial score (nSPS) is 11.3. The predicted octanol–water partition coefficient (Wildman–Crippen LogP) is -0.00300. The number of rotatable bonds is 4. The number of amides is 1. The van der Waals surface area contributed by atoms with Gasteiger partial charge < -0.3 is 10.0 Å². The first kappa shape index (κ1) is 13.9. The number of nitrogens with zero attached hydrogens (tertiary/aromatic N) is 4. The second-order valence-corrected chi connectivity index (χ2v) is 3.47. The lowest BCUT2D eigenvalue weighted by molar-refractivity contribution is -0.158. The van der Waals surface area contributed by atoms with Crippen molar-refractivity contribution in [3.8, 4) is 0 Å². The van der Waals surface area contributed by atoms with Crippen molar-refractivity contribution in [2.75, 3.05) is 13.6 Å². The number of carboxylic acids is 1. The van der Waals surface area contributed by atoms with Crippen molar-refractivity contribution >= 4 is 11.9 Å². The molecular weight excluding hydrogens is 257 g/mol. The number of likely N-dealkylation sites (N-methyl/N-ethyl adjacent to an activating group) is 1. The maximum Gasteiger partial charge on any atom is 0.406 e. The number of halogens is 3. The van der Waals surface area contributed by atoms with Crippen LogP contribution in [0.5, 0.6) is 0 Å². The summed E-state index contributed by atoms with van der Waals surface area (Å²) in [4.78, 5) is 22.3. The summed E-state index contributed by atoms with van der Waals surface area (Å²) in [7, 11) is 0.991. The van der Waals surface area contributed by atoms with Gasteiger partial charge in [0.15, 0.2) is 5.69 Å². The molecule has 0 aliphatic carbocycles. The molecule has 1 N–H and O–H groups in total. The Bertz CT molecular complexity index is 457. The van der Waals surface area contributed by atoms with Gasteiger partial charge in [-0.3, -0.25) is 4.79 Å². The maximum absolute atomic E-state index is 12.0. The lowest BCUT2D eigenvalue weighted by Gasteiger charge is -2.18. The second-order valence-electron chi connectivity index (χ2n) is 3.47. The van der Waals surface area contributed by atoms with Crippen molar-refractivity contribution in [3.05, 3.63) is 11.9 Å². The van der Waals surface area contributed by atoms with Crippen LogP contribution in [0.25, 0.3) is 0 Å². The van der Waals surface area contributed by atoms with Crippen molar-refractivity contribution in [2.24, 2.45) is 0 Å². The molecule has 18 heavy (non-hydrogen) atoms. The summed E-state index contributed by atoms with van der Waals surface area (Å²) in [6.45, 7) is -1.89. The van der Waals surface area contributed by atoms with Crippen LogP contribution in [0.4, 0.5) is 13.2 Å². The summed E-state index contributed by atoms with van der Waals surface area (Å²) in [6, 6.07) is 0. The van der Waals surface area contributed by atoms with Gasteiger partial charge >= 0.3 is 12.1 Å². The Hall–Kier alpha value is -2.13. The van der Waals surface area contributed by atoms with Crippen LogP contribution in [0.3, 0.4) is 0 Å². The van der Waals surface area contributed by atoms with Gasteiger partial charge in [0.25, 0.3) is 0 Å². The van der Waals surface area contributed by atoms with Crippen molar-refractivity contribution in [2.45, 2.75) is 12.7 Å². The third kappa shape index (κ3) is 4.03. The zero-order valence-electron chi connectivity index (χ0n) is 9.18. The van der Waals surface area contributed by atoms with Crippen LogP contribution in [-0.4, -0.2) is 56.6 Å². The van der Waals surface area contributed by atoms with Crippen LogP contribution in [0.15, 0.2) is 6.20 Å². The molecule has 0 spiro atoms. The first-order valence-corrected chi connectivity index (χ1v) is 4.63. The van der Waals surface area contributed by atoms with Crippen LogP contribution in [0.1, 0.15) is 10.5 Å². The number of carbonyl (C=O) groups excluding carboxylic acids is 1. The quantitative estimate of drug-likeness (QED) is 0.828. The highest BCUT2D eigenvalue weighted by Crippen LogP contribution is 2.15. The number of carboxylic acid groups (broad SMARTS) is 1. The summed E-state index contributed by atoms with van der Waals surface area (Å²) in [5, 5.41) is 15.1. The van der Waals surface area contributed by atoms with E-state index in [4.69, 9.17) is 5.11 Å². The topological polar surface area (TPSA) is 88.3 Å². The minimum absolute atomic E-state index is 0.388.